The van der Waals surface area contributed by atoms with Gasteiger partial charge >= 0.3 is 12.1 Å². The lowest BCUT2D eigenvalue weighted by molar-refractivity contribution is -0.291. The van der Waals surface area contributed by atoms with Crippen molar-refractivity contribution >= 4 is 0 Å². The molecule has 0 fully saturated rings. The minimum atomic E-state index is -5.64. The zero-order chi connectivity index (χ0) is 13.3. The highest BCUT2D eigenvalue weighted by Gasteiger charge is 2.61. The lowest BCUT2D eigenvalue weighted by atomic mass is 9.99. The van der Waals surface area contributed by atoms with E-state index in [0.717, 1.165) is 5.56 Å². The summed E-state index contributed by atoms with van der Waals surface area (Å²) in [6, 6.07) is 2.99. The molecule has 0 aromatic heterocycles. The topological polar surface area (TPSA) is 26.0 Å². The first-order chi connectivity index (χ1) is 7.70. The van der Waals surface area contributed by atoms with Gasteiger partial charge in [0, 0.05) is 0 Å². The van der Waals surface area contributed by atoms with E-state index in [2.05, 4.69) is 0 Å². The number of hydrogen-bond donors (Lipinski definition) is 1. The summed E-state index contributed by atoms with van der Waals surface area (Å²) >= 11 is 0. The molecule has 1 rings (SSSR count). The van der Waals surface area contributed by atoms with Crippen LogP contribution in [0.1, 0.15) is 24.1 Å². The average Bonchev–Trinajstić information content (AvgIpc) is 2.26. The second kappa shape index (κ2) is 4.60. The predicted molar refractivity (Wildman–Crippen MR) is 53.8 cm³/mol. The Balaban J connectivity index is 2.99. The number of hydrogen-bond acceptors (Lipinski definition) is 1. The minimum absolute atomic E-state index is 0.232. The highest BCUT2D eigenvalue weighted by atomic mass is 19.4. The van der Waals surface area contributed by atoms with Crippen LogP contribution in [0.2, 0.25) is 0 Å². The van der Waals surface area contributed by atoms with E-state index in [-0.39, 0.29) is 5.56 Å². The summed E-state index contributed by atoms with van der Waals surface area (Å²) in [7, 11) is 0. The van der Waals surface area contributed by atoms with E-state index in [9.17, 15) is 22.0 Å². The fourth-order valence-electron chi connectivity index (χ4n) is 1.35. The molecule has 2 N–H and O–H groups in total. The van der Waals surface area contributed by atoms with E-state index in [0.29, 0.717) is 6.42 Å². The zero-order valence-electron chi connectivity index (χ0n) is 9.06. The maximum Gasteiger partial charge on any atom is 0.455 e. The Kier molecular flexibility index (Phi) is 3.76. The van der Waals surface area contributed by atoms with Gasteiger partial charge < -0.3 is 5.73 Å². The van der Waals surface area contributed by atoms with E-state index in [1.54, 1.807) is 0 Å². The molecule has 0 heterocycles. The molecule has 6 heteroatoms. The smallest absolute Gasteiger partial charge is 0.319 e. The Morgan fingerprint density at radius 2 is 1.53 bits per heavy atom. The first-order valence-electron chi connectivity index (χ1n) is 4.99. The normalized spacial score (nSPS) is 14.8. The SMILES string of the molecule is CCc1ccc([C@@H](N)C(F)(F)C(F)(F)F)cc1. The molecule has 0 bridgehead atoms. The molecule has 17 heavy (non-hydrogen) atoms. The van der Waals surface area contributed by atoms with E-state index in [1.807, 2.05) is 6.92 Å². The molecule has 1 aromatic rings. The molecule has 0 amide bonds. The number of halogens is 5. The third-order valence-electron chi connectivity index (χ3n) is 2.52. The Morgan fingerprint density at radius 3 is 1.88 bits per heavy atom. The van der Waals surface area contributed by atoms with Crippen molar-refractivity contribution in [3.8, 4) is 0 Å². The van der Waals surface area contributed by atoms with Crippen LogP contribution < -0.4 is 5.73 Å². The van der Waals surface area contributed by atoms with Gasteiger partial charge in [-0.3, -0.25) is 0 Å². The zero-order valence-corrected chi connectivity index (χ0v) is 9.06. The second-order valence-electron chi connectivity index (χ2n) is 3.69. The van der Waals surface area contributed by atoms with Gasteiger partial charge in [-0.05, 0) is 17.5 Å². The Hall–Kier alpha value is -1.17. The van der Waals surface area contributed by atoms with Crippen LogP contribution in [0.3, 0.4) is 0 Å². The number of benzene rings is 1. The largest absolute Gasteiger partial charge is 0.455 e. The molecule has 0 aliphatic carbocycles. The van der Waals surface area contributed by atoms with Gasteiger partial charge in [-0.25, -0.2) is 0 Å². The van der Waals surface area contributed by atoms with E-state index >= 15 is 0 Å². The van der Waals surface area contributed by atoms with Crippen molar-refractivity contribution in [3.63, 3.8) is 0 Å². The number of nitrogens with two attached hydrogens (primary N) is 1. The summed E-state index contributed by atoms with van der Waals surface area (Å²) in [6.45, 7) is 1.85. The molecular formula is C11H12F5N. The fourth-order valence-corrected chi connectivity index (χ4v) is 1.35. The van der Waals surface area contributed by atoms with Gasteiger partial charge in [0.2, 0.25) is 0 Å². The van der Waals surface area contributed by atoms with Crippen molar-refractivity contribution in [2.45, 2.75) is 31.5 Å². The first kappa shape index (κ1) is 13.9. The van der Waals surface area contributed by atoms with Crippen LogP contribution in [0.25, 0.3) is 0 Å². The summed E-state index contributed by atoms with van der Waals surface area (Å²) in [5, 5.41) is 0. The fraction of sp³-hybridized carbons (Fsp3) is 0.455. The summed E-state index contributed by atoms with van der Waals surface area (Å²) < 4.78 is 62.1. The molecule has 0 aliphatic rings. The average molecular weight is 253 g/mol. The van der Waals surface area contributed by atoms with Crippen LogP contribution in [0.4, 0.5) is 22.0 Å². The Morgan fingerprint density at radius 1 is 1.06 bits per heavy atom. The van der Waals surface area contributed by atoms with E-state index < -0.39 is 18.1 Å². The van der Waals surface area contributed by atoms with Crippen molar-refractivity contribution in [2.75, 3.05) is 0 Å². The standard InChI is InChI=1S/C11H12F5N/c1-2-7-3-5-8(6-4-7)9(17)10(12,13)11(14,15)16/h3-6,9H,2,17H2,1H3/t9-/m1/s1. The van der Waals surface area contributed by atoms with Gasteiger partial charge in [-0.2, -0.15) is 22.0 Å². The molecule has 0 aliphatic heterocycles. The molecule has 1 aromatic carbocycles. The lowest BCUT2D eigenvalue weighted by Gasteiger charge is -2.26. The van der Waals surface area contributed by atoms with Crippen LogP contribution in [0.5, 0.6) is 0 Å². The third-order valence-corrected chi connectivity index (χ3v) is 2.52. The molecular weight excluding hydrogens is 241 g/mol. The highest BCUT2D eigenvalue weighted by Crippen LogP contribution is 2.43. The van der Waals surface area contributed by atoms with Gasteiger partial charge in [0.15, 0.2) is 0 Å². The van der Waals surface area contributed by atoms with E-state index in [1.165, 1.54) is 24.3 Å². The number of aryl methyl sites for hydroxylation is 1. The highest BCUT2D eigenvalue weighted by molar-refractivity contribution is 5.26. The van der Waals surface area contributed by atoms with E-state index in [4.69, 9.17) is 5.73 Å². The first-order valence-corrected chi connectivity index (χ1v) is 4.99. The quantitative estimate of drug-likeness (QED) is 0.820. The van der Waals surface area contributed by atoms with Gasteiger partial charge in [-0.15, -0.1) is 0 Å². The van der Waals surface area contributed by atoms with Crippen LogP contribution in [0.15, 0.2) is 24.3 Å². The van der Waals surface area contributed by atoms with Crippen molar-refractivity contribution in [2.24, 2.45) is 5.73 Å². The maximum atomic E-state index is 12.9. The van der Waals surface area contributed by atoms with Gasteiger partial charge in [0.25, 0.3) is 0 Å². The predicted octanol–water partition coefficient (Wildman–Crippen LogP) is 3.45. The number of rotatable bonds is 3. The van der Waals surface area contributed by atoms with Crippen LogP contribution in [0, 0.1) is 0 Å². The molecule has 0 radical (unpaired) electrons. The van der Waals surface area contributed by atoms with Crippen LogP contribution >= 0.6 is 0 Å². The Labute approximate surface area is 95.4 Å². The maximum absolute atomic E-state index is 12.9. The lowest BCUT2D eigenvalue weighted by Crippen LogP contribution is -2.45. The monoisotopic (exact) mass is 253 g/mol. The molecule has 0 saturated carbocycles. The third kappa shape index (κ3) is 2.74. The molecule has 96 valence electrons. The number of alkyl halides is 5. The van der Waals surface area contributed by atoms with Crippen molar-refractivity contribution < 1.29 is 22.0 Å². The van der Waals surface area contributed by atoms with Crippen LogP contribution in [-0.2, 0) is 6.42 Å². The van der Waals surface area contributed by atoms with Crippen molar-refractivity contribution in [3.05, 3.63) is 35.4 Å². The molecule has 0 unspecified atom stereocenters. The van der Waals surface area contributed by atoms with Crippen LogP contribution in [-0.4, -0.2) is 12.1 Å². The molecule has 0 saturated heterocycles. The summed E-state index contributed by atoms with van der Waals surface area (Å²) in [4.78, 5) is 0. The van der Waals surface area contributed by atoms with Gasteiger partial charge in [-0.1, -0.05) is 31.2 Å². The second-order valence-corrected chi connectivity index (χ2v) is 3.69. The summed E-state index contributed by atoms with van der Waals surface area (Å²) in [6.07, 6.45) is -4.97. The molecule has 1 nitrogen and oxygen atoms in total. The molecule has 0 spiro atoms. The minimum Gasteiger partial charge on any atom is -0.319 e. The summed E-state index contributed by atoms with van der Waals surface area (Å²) in [5.41, 5.74) is 5.59. The van der Waals surface area contributed by atoms with Crippen molar-refractivity contribution in [1.29, 1.82) is 0 Å². The summed E-state index contributed by atoms with van der Waals surface area (Å²) in [5.74, 6) is -4.93. The van der Waals surface area contributed by atoms with Crippen molar-refractivity contribution in [1.82, 2.24) is 0 Å². The Bertz CT molecular complexity index is 368. The molecule has 1 atom stereocenters. The van der Waals surface area contributed by atoms with Gasteiger partial charge in [0.05, 0.1) is 0 Å². The van der Waals surface area contributed by atoms with Gasteiger partial charge in [0.1, 0.15) is 6.04 Å².